The molecule has 2 aromatic heterocycles. The minimum atomic E-state index is -0.238. The van der Waals surface area contributed by atoms with Crippen molar-refractivity contribution in [3.05, 3.63) is 77.3 Å². The number of benzene rings is 1. The van der Waals surface area contributed by atoms with Gasteiger partial charge in [-0.2, -0.15) is 0 Å². The first-order valence-electron chi connectivity index (χ1n) is 9.52. The highest BCUT2D eigenvalue weighted by Gasteiger charge is 2.28. The predicted molar refractivity (Wildman–Crippen MR) is 101 cm³/mol. The van der Waals surface area contributed by atoms with Gasteiger partial charge in [0.25, 0.3) is 0 Å². The monoisotopic (exact) mass is 360 g/mol. The zero-order valence-corrected chi connectivity index (χ0v) is 15.1. The molecule has 4 nitrogen and oxygen atoms in total. The Morgan fingerprint density at radius 3 is 2.78 bits per heavy atom. The van der Waals surface area contributed by atoms with Crippen LogP contribution in [0.4, 0.5) is 4.39 Å². The Morgan fingerprint density at radius 2 is 2.00 bits per heavy atom. The minimum absolute atomic E-state index is 0.238. The highest BCUT2D eigenvalue weighted by Crippen LogP contribution is 2.38. The van der Waals surface area contributed by atoms with Gasteiger partial charge in [0.1, 0.15) is 11.6 Å². The molecule has 1 saturated carbocycles. The Morgan fingerprint density at radius 1 is 1.07 bits per heavy atom. The van der Waals surface area contributed by atoms with Gasteiger partial charge in [-0.1, -0.05) is 18.2 Å². The zero-order chi connectivity index (χ0) is 18.2. The van der Waals surface area contributed by atoms with E-state index in [4.69, 9.17) is 4.98 Å². The molecular formula is C22H21FN4. The smallest absolute Gasteiger partial charge is 0.131 e. The van der Waals surface area contributed by atoms with Crippen molar-refractivity contribution in [3.8, 4) is 11.3 Å². The van der Waals surface area contributed by atoms with Crippen LogP contribution in [0.5, 0.6) is 0 Å². The van der Waals surface area contributed by atoms with E-state index in [1.54, 1.807) is 6.07 Å². The summed E-state index contributed by atoms with van der Waals surface area (Å²) in [6, 6.07) is 10.6. The van der Waals surface area contributed by atoms with Crippen molar-refractivity contribution < 1.29 is 4.39 Å². The number of pyridine rings is 1. The molecular weight excluding hydrogens is 339 g/mol. The van der Waals surface area contributed by atoms with E-state index < -0.39 is 0 Å². The van der Waals surface area contributed by atoms with E-state index in [0.29, 0.717) is 5.92 Å². The van der Waals surface area contributed by atoms with Crippen LogP contribution in [0.2, 0.25) is 0 Å². The molecule has 0 saturated heterocycles. The van der Waals surface area contributed by atoms with E-state index in [-0.39, 0.29) is 5.82 Å². The maximum absolute atomic E-state index is 13.4. The van der Waals surface area contributed by atoms with Crippen LogP contribution >= 0.6 is 0 Å². The summed E-state index contributed by atoms with van der Waals surface area (Å²) < 4.78 is 13.4. The fourth-order valence-corrected chi connectivity index (χ4v) is 3.66. The molecule has 0 atom stereocenters. The van der Waals surface area contributed by atoms with E-state index in [1.165, 1.54) is 36.2 Å². The lowest BCUT2D eigenvalue weighted by molar-refractivity contribution is 0.242. The lowest BCUT2D eigenvalue weighted by Crippen LogP contribution is -2.31. The van der Waals surface area contributed by atoms with Crippen molar-refractivity contribution in [2.24, 2.45) is 0 Å². The first-order valence-corrected chi connectivity index (χ1v) is 9.52. The van der Waals surface area contributed by atoms with Crippen LogP contribution in [0, 0.1) is 5.82 Å². The highest BCUT2D eigenvalue weighted by molar-refractivity contribution is 5.58. The summed E-state index contributed by atoms with van der Waals surface area (Å²) in [5, 5.41) is 0. The van der Waals surface area contributed by atoms with Gasteiger partial charge in [0.2, 0.25) is 0 Å². The third kappa shape index (κ3) is 3.60. The first kappa shape index (κ1) is 16.5. The zero-order valence-electron chi connectivity index (χ0n) is 15.1. The molecule has 1 aliphatic heterocycles. The fourth-order valence-electron chi connectivity index (χ4n) is 3.66. The van der Waals surface area contributed by atoms with Crippen molar-refractivity contribution in [2.45, 2.75) is 38.3 Å². The van der Waals surface area contributed by atoms with Gasteiger partial charge in [-0.25, -0.2) is 14.4 Å². The maximum Gasteiger partial charge on any atom is 0.131 e. The molecule has 0 bridgehead atoms. The molecule has 2 aliphatic rings. The second-order valence-electron chi connectivity index (χ2n) is 7.50. The molecule has 3 heterocycles. The standard InChI is InChI=1S/C22H21FN4/c23-19-3-1-2-17(10-19)20-7-4-15(11-24-20)13-27-9-8-21-18(14-27)12-25-22(26-21)16-5-6-16/h1-4,7,10-12,16H,5-6,8-9,13-14H2. The average molecular weight is 360 g/mol. The molecule has 5 heteroatoms. The van der Waals surface area contributed by atoms with Crippen molar-refractivity contribution in [2.75, 3.05) is 6.54 Å². The fraction of sp³-hybridized carbons (Fsp3) is 0.318. The van der Waals surface area contributed by atoms with Gasteiger partial charge in [0, 0.05) is 61.2 Å². The normalized spacial score (nSPS) is 16.9. The molecule has 5 rings (SSSR count). The summed E-state index contributed by atoms with van der Waals surface area (Å²) in [6.07, 6.45) is 7.37. The third-order valence-corrected chi connectivity index (χ3v) is 5.33. The summed E-state index contributed by atoms with van der Waals surface area (Å²) in [7, 11) is 0. The summed E-state index contributed by atoms with van der Waals surface area (Å²) in [5.74, 6) is 1.41. The second kappa shape index (κ2) is 6.82. The number of aromatic nitrogens is 3. The van der Waals surface area contributed by atoms with Gasteiger partial charge >= 0.3 is 0 Å². The van der Waals surface area contributed by atoms with Gasteiger partial charge in [0.15, 0.2) is 0 Å². The third-order valence-electron chi connectivity index (χ3n) is 5.33. The molecule has 0 spiro atoms. The molecule has 1 aliphatic carbocycles. The van der Waals surface area contributed by atoms with Crippen molar-refractivity contribution >= 4 is 0 Å². The lowest BCUT2D eigenvalue weighted by Gasteiger charge is -2.28. The minimum Gasteiger partial charge on any atom is -0.294 e. The summed E-state index contributed by atoms with van der Waals surface area (Å²) in [6.45, 7) is 2.73. The van der Waals surface area contributed by atoms with Gasteiger partial charge < -0.3 is 0 Å². The van der Waals surface area contributed by atoms with Crippen molar-refractivity contribution in [1.82, 2.24) is 19.9 Å². The van der Waals surface area contributed by atoms with Crippen LogP contribution in [0.25, 0.3) is 11.3 Å². The Balaban J connectivity index is 1.27. The largest absolute Gasteiger partial charge is 0.294 e. The van der Waals surface area contributed by atoms with Crippen LogP contribution < -0.4 is 0 Å². The molecule has 3 aromatic rings. The predicted octanol–water partition coefficient (Wildman–Crippen LogP) is 4.11. The van der Waals surface area contributed by atoms with Gasteiger partial charge in [-0.3, -0.25) is 9.88 Å². The molecule has 136 valence electrons. The topological polar surface area (TPSA) is 41.9 Å². The van der Waals surface area contributed by atoms with E-state index >= 15 is 0 Å². The Bertz CT molecular complexity index is 966. The van der Waals surface area contributed by atoms with Gasteiger partial charge in [-0.05, 0) is 36.6 Å². The quantitative estimate of drug-likeness (QED) is 0.702. The average Bonchev–Trinajstić information content (AvgIpc) is 3.53. The Labute approximate surface area is 158 Å². The molecule has 27 heavy (non-hydrogen) atoms. The summed E-state index contributed by atoms with van der Waals surface area (Å²) >= 11 is 0. The summed E-state index contributed by atoms with van der Waals surface area (Å²) in [5.41, 5.74) is 5.23. The van der Waals surface area contributed by atoms with E-state index in [2.05, 4.69) is 20.9 Å². The lowest BCUT2D eigenvalue weighted by atomic mass is 10.1. The number of nitrogens with zero attached hydrogens (tertiary/aromatic N) is 4. The van der Waals surface area contributed by atoms with Gasteiger partial charge in [-0.15, -0.1) is 0 Å². The number of hydrogen-bond donors (Lipinski definition) is 0. The molecule has 0 amide bonds. The maximum atomic E-state index is 13.4. The Hall–Kier alpha value is -2.66. The van der Waals surface area contributed by atoms with E-state index in [9.17, 15) is 4.39 Å². The van der Waals surface area contributed by atoms with Crippen LogP contribution in [0.3, 0.4) is 0 Å². The van der Waals surface area contributed by atoms with Crippen LogP contribution in [0.15, 0.2) is 48.8 Å². The highest BCUT2D eigenvalue weighted by atomic mass is 19.1. The van der Waals surface area contributed by atoms with Crippen LogP contribution in [0.1, 0.15) is 41.4 Å². The molecule has 0 N–H and O–H groups in total. The first-order chi connectivity index (χ1) is 13.2. The number of halogens is 1. The number of rotatable bonds is 4. The van der Waals surface area contributed by atoms with E-state index in [0.717, 1.165) is 48.7 Å². The number of hydrogen-bond acceptors (Lipinski definition) is 4. The van der Waals surface area contributed by atoms with E-state index in [1.807, 2.05) is 24.5 Å². The summed E-state index contributed by atoms with van der Waals surface area (Å²) in [4.78, 5) is 16.3. The van der Waals surface area contributed by atoms with Gasteiger partial charge in [0.05, 0.1) is 5.69 Å². The van der Waals surface area contributed by atoms with Crippen molar-refractivity contribution in [3.63, 3.8) is 0 Å². The van der Waals surface area contributed by atoms with Crippen LogP contribution in [-0.2, 0) is 19.5 Å². The van der Waals surface area contributed by atoms with Crippen molar-refractivity contribution in [1.29, 1.82) is 0 Å². The molecule has 1 fully saturated rings. The number of fused-ring (bicyclic) bond motifs is 1. The SMILES string of the molecule is Fc1cccc(-c2ccc(CN3CCc4nc(C5CC5)ncc4C3)cn2)c1. The van der Waals surface area contributed by atoms with Crippen LogP contribution in [-0.4, -0.2) is 26.4 Å². The second-order valence-corrected chi connectivity index (χ2v) is 7.50. The molecule has 1 aromatic carbocycles. The molecule has 0 radical (unpaired) electrons. The molecule has 0 unspecified atom stereocenters. The Kier molecular flexibility index (Phi) is 4.17.